The maximum absolute atomic E-state index is 6.20. The molecule has 0 fully saturated rings. The second-order valence-electron chi connectivity index (χ2n) is 4.21. The van der Waals surface area contributed by atoms with E-state index in [4.69, 9.17) is 17.3 Å². The van der Waals surface area contributed by atoms with Crippen molar-refractivity contribution in [2.45, 2.75) is 25.9 Å². The third-order valence-corrected chi connectivity index (χ3v) is 3.28. The third-order valence-electron chi connectivity index (χ3n) is 2.94. The lowest BCUT2D eigenvalue weighted by Gasteiger charge is -2.19. The second kappa shape index (κ2) is 4.90. The van der Waals surface area contributed by atoms with Gasteiger partial charge in [-0.25, -0.2) is 4.98 Å². The molecule has 2 atom stereocenters. The number of hydrogen-bond donors (Lipinski definition) is 1. The number of halogens is 1. The van der Waals surface area contributed by atoms with Gasteiger partial charge in [-0.2, -0.15) is 0 Å². The fourth-order valence-electron chi connectivity index (χ4n) is 1.95. The monoisotopic (exact) mass is 249 g/mol. The van der Waals surface area contributed by atoms with Crippen molar-refractivity contribution in [3.8, 4) is 0 Å². The lowest BCUT2D eigenvalue weighted by atomic mass is 10.1. The predicted octanol–water partition coefficient (Wildman–Crippen LogP) is 3.17. The van der Waals surface area contributed by atoms with Crippen LogP contribution in [0.25, 0.3) is 0 Å². The van der Waals surface area contributed by atoms with Gasteiger partial charge in [0.05, 0.1) is 18.1 Å². The fourth-order valence-corrected chi connectivity index (χ4v) is 2.25. The number of benzene rings is 1. The molecule has 17 heavy (non-hydrogen) atoms. The van der Waals surface area contributed by atoms with Crippen LogP contribution in [-0.2, 0) is 0 Å². The molecule has 0 amide bonds. The van der Waals surface area contributed by atoms with E-state index in [-0.39, 0.29) is 12.1 Å². The van der Waals surface area contributed by atoms with Crippen LogP contribution in [0, 0.1) is 0 Å². The fraction of sp³-hybridized carbons (Fsp3) is 0.308. The summed E-state index contributed by atoms with van der Waals surface area (Å²) in [5.74, 6) is 0. The van der Waals surface area contributed by atoms with Crippen LogP contribution in [0.5, 0.6) is 0 Å². The molecule has 0 saturated heterocycles. The first-order valence-electron chi connectivity index (χ1n) is 5.63. The lowest BCUT2D eigenvalue weighted by molar-refractivity contribution is 0.582. The number of imidazole rings is 1. The normalized spacial score (nSPS) is 14.6. The quantitative estimate of drug-likeness (QED) is 0.908. The first-order valence-corrected chi connectivity index (χ1v) is 6.00. The molecular formula is C13H16ClN3. The van der Waals surface area contributed by atoms with Gasteiger partial charge < -0.3 is 10.3 Å². The molecule has 4 heteroatoms. The Morgan fingerprint density at radius 2 is 2.00 bits per heavy atom. The van der Waals surface area contributed by atoms with Gasteiger partial charge in [-0.15, -0.1) is 0 Å². The number of rotatable bonds is 3. The maximum Gasteiger partial charge on any atom is 0.0954 e. The van der Waals surface area contributed by atoms with Gasteiger partial charge in [0.25, 0.3) is 0 Å². The first kappa shape index (κ1) is 12.1. The van der Waals surface area contributed by atoms with Gasteiger partial charge in [0.1, 0.15) is 0 Å². The van der Waals surface area contributed by atoms with E-state index in [0.29, 0.717) is 0 Å². The van der Waals surface area contributed by atoms with Crippen LogP contribution in [-0.4, -0.2) is 9.55 Å². The van der Waals surface area contributed by atoms with Crippen molar-refractivity contribution >= 4 is 11.6 Å². The van der Waals surface area contributed by atoms with Crippen LogP contribution >= 0.6 is 11.6 Å². The SMILES string of the molecule is CC(c1ccccc1Cl)n1cncc1[C@H](C)N. The van der Waals surface area contributed by atoms with E-state index in [0.717, 1.165) is 16.3 Å². The van der Waals surface area contributed by atoms with Gasteiger partial charge in [-0.1, -0.05) is 29.8 Å². The van der Waals surface area contributed by atoms with E-state index < -0.39 is 0 Å². The van der Waals surface area contributed by atoms with E-state index in [9.17, 15) is 0 Å². The molecule has 0 aliphatic carbocycles. The van der Waals surface area contributed by atoms with E-state index in [2.05, 4.69) is 16.5 Å². The zero-order valence-electron chi connectivity index (χ0n) is 9.97. The topological polar surface area (TPSA) is 43.8 Å². The molecule has 2 rings (SSSR count). The van der Waals surface area contributed by atoms with Gasteiger partial charge >= 0.3 is 0 Å². The molecule has 0 aliphatic heterocycles. The Hall–Kier alpha value is -1.32. The summed E-state index contributed by atoms with van der Waals surface area (Å²) in [6, 6.07) is 7.93. The number of hydrogen-bond acceptors (Lipinski definition) is 2. The van der Waals surface area contributed by atoms with Crippen molar-refractivity contribution in [3.63, 3.8) is 0 Å². The molecule has 0 radical (unpaired) electrons. The van der Waals surface area contributed by atoms with Crippen molar-refractivity contribution in [1.82, 2.24) is 9.55 Å². The second-order valence-corrected chi connectivity index (χ2v) is 4.62. The molecule has 0 spiro atoms. The van der Waals surface area contributed by atoms with Gasteiger partial charge in [0.2, 0.25) is 0 Å². The van der Waals surface area contributed by atoms with Crippen molar-refractivity contribution in [2.24, 2.45) is 5.73 Å². The molecule has 2 N–H and O–H groups in total. The van der Waals surface area contributed by atoms with Crippen LogP contribution in [0.2, 0.25) is 5.02 Å². The molecule has 1 heterocycles. The summed E-state index contributed by atoms with van der Waals surface area (Å²) in [6.45, 7) is 4.04. The molecule has 1 aromatic carbocycles. The van der Waals surface area contributed by atoms with E-state index in [1.165, 1.54) is 0 Å². The molecule has 2 aromatic rings. The van der Waals surface area contributed by atoms with Crippen LogP contribution < -0.4 is 5.73 Å². The summed E-state index contributed by atoms with van der Waals surface area (Å²) >= 11 is 6.20. The summed E-state index contributed by atoms with van der Waals surface area (Å²) in [7, 11) is 0. The van der Waals surface area contributed by atoms with Crippen molar-refractivity contribution < 1.29 is 0 Å². The lowest BCUT2D eigenvalue weighted by Crippen LogP contribution is -2.15. The van der Waals surface area contributed by atoms with Crippen LogP contribution in [0.1, 0.15) is 37.2 Å². The summed E-state index contributed by atoms with van der Waals surface area (Å²) in [4.78, 5) is 4.16. The molecule has 1 unspecified atom stereocenters. The maximum atomic E-state index is 6.20. The van der Waals surface area contributed by atoms with Gasteiger partial charge in [0.15, 0.2) is 0 Å². The standard InChI is InChI=1S/C13H16ClN3/c1-9(15)13-7-16-8-17(13)10(2)11-5-3-4-6-12(11)14/h3-10H,15H2,1-2H3/t9-,10?/m0/s1. The summed E-state index contributed by atoms with van der Waals surface area (Å²) in [5, 5.41) is 0.768. The Morgan fingerprint density at radius 1 is 1.29 bits per heavy atom. The molecule has 0 saturated carbocycles. The zero-order valence-corrected chi connectivity index (χ0v) is 10.7. The summed E-state index contributed by atoms with van der Waals surface area (Å²) in [5.41, 5.74) is 8.01. The Bertz CT molecular complexity index is 505. The van der Waals surface area contributed by atoms with E-state index in [1.807, 2.05) is 31.2 Å². The molecule has 90 valence electrons. The van der Waals surface area contributed by atoms with Crippen LogP contribution in [0.3, 0.4) is 0 Å². The summed E-state index contributed by atoms with van der Waals surface area (Å²) < 4.78 is 2.06. The average Bonchev–Trinajstić information content (AvgIpc) is 2.77. The highest BCUT2D eigenvalue weighted by Crippen LogP contribution is 2.27. The Morgan fingerprint density at radius 3 is 2.65 bits per heavy atom. The third kappa shape index (κ3) is 2.35. The van der Waals surface area contributed by atoms with Crippen molar-refractivity contribution in [2.75, 3.05) is 0 Å². The molecule has 3 nitrogen and oxygen atoms in total. The van der Waals surface area contributed by atoms with Gasteiger partial charge in [0, 0.05) is 17.3 Å². The molecule has 1 aromatic heterocycles. The zero-order chi connectivity index (χ0) is 12.4. The van der Waals surface area contributed by atoms with Crippen LogP contribution in [0.15, 0.2) is 36.8 Å². The first-order chi connectivity index (χ1) is 8.11. The summed E-state index contributed by atoms with van der Waals surface area (Å²) in [6.07, 6.45) is 3.60. The van der Waals surface area contributed by atoms with E-state index >= 15 is 0 Å². The number of nitrogens with two attached hydrogens (primary N) is 1. The minimum Gasteiger partial charge on any atom is -0.326 e. The van der Waals surface area contributed by atoms with E-state index in [1.54, 1.807) is 12.5 Å². The Labute approximate surface area is 106 Å². The largest absolute Gasteiger partial charge is 0.326 e. The predicted molar refractivity (Wildman–Crippen MR) is 70.1 cm³/mol. The highest BCUT2D eigenvalue weighted by Gasteiger charge is 2.15. The van der Waals surface area contributed by atoms with Crippen molar-refractivity contribution in [1.29, 1.82) is 0 Å². The average molecular weight is 250 g/mol. The highest BCUT2D eigenvalue weighted by molar-refractivity contribution is 6.31. The number of nitrogens with zero attached hydrogens (tertiary/aromatic N) is 2. The highest BCUT2D eigenvalue weighted by atomic mass is 35.5. The van der Waals surface area contributed by atoms with Crippen LogP contribution in [0.4, 0.5) is 0 Å². The smallest absolute Gasteiger partial charge is 0.0954 e. The molecule has 0 bridgehead atoms. The van der Waals surface area contributed by atoms with Crippen molar-refractivity contribution in [3.05, 3.63) is 53.1 Å². The number of aromatic nitrogens is 2. The van der Waals surface area contributed by atoms with Gasteiger partial charge in [-0.3, -0.25) is 0 Å². The minimum atomic E-state index is -0.0394. The molecular weight excluding hydrogens is 234 g/mol. The molecule has 0 aliphatic rings. The Kier molecular flexibility index (Phi) is 3.50. The van der Waals surface area contributed by atoms with Gasteiger partial charge in [-0.05, 0) is 25.5 Å². The minimum absolute atomic E-state index is 0.0394. The Balaban J connectivity index is 2.41.